The van der Waals surface area contributed by atoms with E-state index >= 15 is 0 Å². The molecule has 2 rings (SSSR count). The molecule has 1 aromatic heterocycles. The highest BCUT2D eigenvalue weighted by molar-refractivity contribution is 7.90. The monoisotopic (exact) mass is 314 g/mol. The molecule has 2 atom stereocenters. The van der Waals surface area contributed by atoms with E-state index in [2.05, 4.69) is 21.6 Å². The van der Waals surface area contributed by atoms with Gasteiger partial charge in [0.15, 0.2) is 0 Å². The minimum Gasteiger partial charge on any atom is -0.302 e. The van der Waals surface area contributed by atoms with Crippen molar-refractivity contribution in [2.24, 2.45) is 13.0 Å². The molecule has 0 aromatic carbocycles. The molecule has 1 aromatic rings. The number of rotatable bonds is 7. The molecule has 120 valence electrons. The Hall–Kier alpha value is -0.920. The molecule has 6 nitrogen and oxygen atoms in total. The van der Waals surface area contributed by atoms with E-state index in [4.69, 9.17) is 0 Å². The minimum absolute atomic E-state index is 0.263. The fraction of sp³-hybridized carbons (Fsp3) is 0.786. The Labute approximate surface area is 127 Å². The van der Waals surface area contributed by atoms with Crippen molar-refractivity contribution in [3.63, 3.8) is 0 Å². The molecular weight excluding hydrogens is 288 g/mol. The van der Waals surface area contributed by atoms with E-state index in [1.165, 1.54) is 5.69 Å². The summed E-state index contributed by atoms with van der Waals surface area (Å²) < 4.78 is 28.5. The number of nitrogens with zero attached hydrogens (tertiary/aromatic N) is 3. The zero-order chi connectivity index (χ0) is 15.5. The van der Waals surface area contributed by atoms with E-state index in [-0.39, 0.29) is 5.25 Å². The van der Waals surface area contributed by atoms with Crippen LogP contribution in [-0.4, -0.2) is 54.5 Å². The first-order valence-electron chi connectivity index (χ1n) is 7.60. The van der Waals surface area contributed by atoms with Crippen molar-refractivity contribution >= 4 is 10.0 Å². The molecule has 0 spiro atoms. The summed E-state index contributed by atoms with van der Waals surface area (Å²) in [4.78, 5) is 2.26. The maximum Gasteiger partial charge on any atom is 0.215 e. The van der Waals surface area contributed by atoms with Crippen LogP contribution in [0.5, 0.6) is 0 Å². The number of aromatic nitrogens is 2. The number of sulfonamides is 1. The predicted octanol–water partition coefficient (Wildman–Crippen LogP) is 0.612. The highest BCUT2D eigenvalue weighted by Crippen LogP contribution is 2.18. The number of hydrogen-bond acceptors (Lipinski definition) is 4. The molecule has 1 N–H and O–H groups in total. The number of hydrogen-bond donors (Lipinski definition) is 1. The van der Waals surface area contributed by atoms with Gasteiger partial charge in [-0.15, -0.1) is 0 Å². The first-order valence-corrected chi connectivity index (χ1v) is 9.14. The molecule has 1 aliphatic heterocycles. The third-order valence-corrected chi connectivity index (χ3v) is 6.02. The van der Waals surface area contributed by atoms with Crippen LogP contribution in [-0.2, 0) is 23.5 Å². The van der Waals surface area contributed by atoms with Crippen LogP contribution in [0.4, 0.5) is 0 Å². The predicted molar refractivity (Wildman–Crippen MR) is 83.5 cm³/mol. The van der Waals surface area contributed by atoms with Crippen LogP contribution < -0.4 is 4.72 Å². The average Bonchev–Trinajstić information content (AvgIpc) is 3.00. The Morgan fingerprint density at radius 3 is 2.90 bits per heavy atom. The molecule has 1 fully saturated rings. The number of aryl methyl sites for hydroxylation is 1. The van der Waals surface area contributed by atoms with Gasteiger partial charge in [0.05, 0.1) is 5.25 Å². The molecule has 0 radical (unpaired) electrons. The van der Waals surface area contributed by atoms with Gasteiger partial charge in [-0.05, 0) is 31.4 Å². The van der Waals surface area contributed by atoms with Crippen LogP contribution in [0.15, 0.2) is 12.3 Å². The van der Waals surface area contributed by atoms with E-state index in [0.717, 1.165) is 25.9 Å². The maximum absolute atomic E-state index is 12.0. The van der Waals surface area contributed by atoms with Gasteiger partial charge in [0.25, 0.3) is 0 Å². The standard InChI is InChI=1S/C14H26N4O2S/c1-4-16-21(19,20)14-6-8-18(11-14)10-12(2)9-13-5-7-15-17(13)3/h5,7,12,14,16H,4,6,8-11H2,1-3H3. The van der Waals surface area contributed by atoms with Gasteiger partial charge in [-0.1, -0.05) is 13.8 Å². The third-order valence-electron chi connectivity index (χ3n) is 4.06. The topological polar surface area (TPSA) is 67.2 Å². The van der Waals surface area contributed by atoms with Gasteiger partial charge in [0.1, 0.15) is 0 Å². The number of nitrogens with one attached hydrogen (secondary N) is 1. The molecule has 2 heterocycles. The smallest absolute Gasteiger partial charge is 0.215 e. The maximum atomic E-state index is 12.0. The zero-order valence-corrected chi connectivity index (χ0v) is 13.9. The van der Waals surface area contributed by atoms with Gasteiger partial charge in [-0.2, -0.15) is 5.10 Å². The summed E-state index contributed by atoms with van der Waals surface area (Å²) in [5.74, 6) is 0.487. The summed E-state index contributed by atoms with van der Waals surface area (Å²) >= 11 is 0. The minimum atomic E-state index is -3.14. The van der Waals surface area contributed by atoms with E-state index < -0.39 is 10.0 Å². The summed E-state index contributed by atoms with van der Waals surface area (Å²) in [6.45, 7) is 6.94. The summed E-state index contributed by atoms with van der Waals surface area (Å²) in [6, 6.07) is 2.04. The van der Waals surface area contributed by atoms with Crippen LogP contribution >= 0.6 is 0 Å². The van der Waals surface area contributed by atoms with Gasteiger partial charge in [0.2, 0.25) is 10.0 Å². The summed E-state index contributed by atoms with van der Waals surface area (Å²) in [7, 11) is -1.19. The Morgan fingerprint density at radius 2 is 2.29 bits per heavy atom. The van der Waals surface area contributed by atoms with Crippen molar-refractivity contribution in [3.8, 4) is 0 Å². The molecule has 7 heteroatoms. The lowest BCUT2D eigenvalue weighted by atomic mass is 10.1. The molecule has 0 amide bonds. The fourth-order valence-corrected chi connectivity index (χ4v) is 4.46. The second kappa shape index (κ2) is 6.89. The van der Waals surface area contributed by atoms with Crippen molar-refractivity contribution in [2.75, 3.05) is 26.2 Å². The van der Waals surface area contributed by atoms with Crippen molar-refractivity contribution in [1.29, 1.82) is 0 Å². The lowest BCUT2D eigenvalue weighted by Gasteiger charge is -2.21. The van der Waals surface area contributed by atoms with Gasteiger partial charge < -0.3 is 4.90 Å². The zero-order valence-electron chi connectivity index (χ0n) is 13.1. The third kappa shape index (κ3) is 4.28. The van der Waals surface area contributed by atoms with Crippen molar-refractivity contribution in [2.45, 2.75) is 31.9 Å². The molecular formula is C14H26N4O2S. The Bertz CT molecular complexity index is 555. The largest absolute Gasteiger partial charge is 0.302 e. The SMILES string of the molecule is CCNS(=O)(=O)C1CCN(CC(C)Cc2ccnn2C)C1. The van der Waals surface area contributed by atoms with Crippen LogP contribution in [0, 0.1) is 5.92 Å². The van der Waals surface area contributed by atoms with Crippen molar-refractivity contribution in [1.82, 2.24) is 19.4 Å². The normalized spacial score (nSPS) is 21.8. The van der Waals surface area contributed by atoms with Crippen molar-refractivity contribution < 1.29 is 8.42 Å². The average molecular weight is 314 g/mol. The van der Waals surface area contributed by atoms with E-state index in [1.54, 1.807) is 0 Å². The second-order valence-corrected chi connectivity index (χ2v) is 8.01. The van der Waals surface area contributed by atoms with Crippen LogP contribution in [0.2, 0.25) is 0 Å². The van der Waals surface area contributed by atoms with Crippen LogP contribution in [0.3, 0.4) is 0 Å². The first-order chi connectivity index (χ1) is 9.92. The molecule has 1 saturated heterocycles. The van der Waals surface area contributed by atoms with Crippen molar-refractivity contribution in [3.05, 3.63) is 18.0 Å². The summed E-state index contributed by atoms with van der Waals surface area (Å²) in [6.07, 6.45) is 3.52. The Morgan fingerprint density at radius 1 is 1.52 bits per heavy atom. The fourth-order valence-electron chi connectivity index (χ4n) is 3.00. The Balaban J connectivity index is 1.84. The molecule has 0 saturated carbocycles. The Kier molecular flexibility index (Phi) is 5.40. The lowest BCUT2D eigenvalue weighted by molar-refractivity contribution is 0.285. The molecule has 1 aliphatic rings. The van der Waals surface area contributed by atoms with E-state index in [1.807, 2.05) is 30.9 Å². The molecule has 21 heavy (non-hydrogen) atoms. The molecule has 0 bridgehead atoms. The van der Waals surface area contributed by atoms with Crippen LogP contribution in [0.25, 0.3) is 0 Å². The number of likely N-dealkylation sites (tertiary alicyclic amines) is 1. The highest BCUT2D eigenvalue weighted by atomic mass is 32.2. The van der Waals surface area contributed by atoms with Gasteiger partial charge >= 0.3 is 0 Å². The second-order valence-electron chi connectivity index (χ2n) is 5.97. The molecule has 0 aliphatic carbocycles. The van der Waals surface area contributed by atoms with Crippen LogP contribution in [0.1, 0.15) is 26.0 Å². The highest BCUT2D eigenvalue weighted by Gasteiger charge is 2.32. The molecule has 2 unspecified atom stereocenters. The lowest BCUT2D eigenvalue weighted by Crippen LogP contribution is -2.37. The summed E-state index contributed by atoms with van der Waals surface area (Å²) in [5, 5.41) is 3.92. The summed E-state index contributed by atoms with van der Waals surface area (Å²) in [5.41, 5.74) is 1.22. The quantitative estimate of drug-likeness (QED) is 0.801. The first kappa shape index (κ1) is 16.5. The van der Waals surface area contributed by atoms with E-state index in [9.17, 15) is 8.42 Å². The van der Waals surface area contributed by atoms with E-state index in [0.29, 0.717) is 19.0 Å². The van der Waals surface area contributed by atoms with Gasteiger partial charge in [-0.3, -0.25) is 4.68 Å². The van der Waals surface area contributed by atoms with Gasteiger partial charge in [-0.25, -0.2) is 13.1 Å². The van der Waals surface area contributed by atoms with Gasteiger partial charge in [0, 0.05) is 38.6 Å².